The Hall–Kier alpha value is -3.06. The number of benzene rings is 2. The summed E-state index contributed by atoms with van der Waals surface area (Å²) in [5.41, 5.74) is 1.98. The van der Waals surface area contributed by atoms with Crippen LogP contribution in [-0.4, -0.2) is 21.2 Å². The molecular weight excluding hydrogens is 398 g/mol. The van der Waals surface area contributed by atoms with Gasteiger partial charge in [-0.25, -0.2) is 4.98 Å². The predicted octanol–water partition coefficient (Wildman–Crippen LogP) is 4.92. The molecule has 0 radical (unpaired) electrons. The highest BCUT2D eigenvalue weighted by atomic mass is 32.2. The summed E-state index contributed by atoms with van der Waals surface area (Å²) in [4.78, 5) is 30.3. The average molecular weight is 422 g/mol. The molecule has 7 heteroatoms. The predicted molar refractivity (Wildman–Crippen MR) is 121 cm³/mol. The van der Waals surface area contributed by atoms with E-state index >= 15 is 0 Å². The van der Waals surface area contributed by atoms with E-state index in [1.807, 2.05) is 54.6 Å². The van der Waals surface area contributed by atoms with E-state index in [4.69, 9.17) is 9.40 Å². The van der Waals surface area contributed by atoms with Crippen LogP contribution in [0.15, 0.2) is 69.0 Å². The highest BCUT2D eigenvalue weighted by molar-refractivity contribution is 7.99. The monoisotopic (exact) mass is 421 g/mol. The van der Waals surface area contributed by atoms with Gasteiger partial charge in [-0.1, -0.05) is 55.9 Å². The van der Waals surface area contributed by atoms with Gasteiger partial charge >= 0.3 is 0 Å². The number of para-hydroxylation sites is 2. The molecule has 0 aliphatic rings. The fourth-order valence-corrected chi connectivity index (χ4v) is 4.01. The van der Waals surface area contributed by atoms with E-state index in [0.717, 1.165) is 17.5 Å². The molecule has 4 rings (SSSR count). The molecule has 4 aromatic rings. The van der Waals surface area contributed by atoms with Crippen molar-refractivity contribution in [2.45, 2.75) is 32.0 Å². The largest absolute Gasteiger partial charge is 0.448 e. The lowest BCUT2D eigenvalue weighted by Crippen LogP contribution is -2.24. The highest BCUT2D eigenvalue weighted by Gasteiger charge is 2.18. The number of carbonyl (C=O) groups excluding carboxylic acids is 1. The van der Waals surface area contributed by atoms with Crippen LogP contribution in [0.2, 0.25) is 0 Å². The van der Waals surface area contributed by atoms with Gasteiger partial charge in [-0.05, 0) is 36.6 Å². The zero-order chi connectivity index (χ0) is 21.1. The Labute approximate surface area is 178 Å². The van der Waals surface area contributed by atoms with Crippen LogP contribution >= 0.6 is 11.8 Å². The summed E-state index contributed by atoms with van der Waals surface area (Å²) in [5, 5.41) is 4.20. The molecule has 154 valence electrons. The Morgan fingerprint density at radius 3 is 2.63 bits per heavy atom. The molecule has 1 N–H and O–H groups in total. The number of fused-ring (bicyclic) bond motifs is 3. The first kappa shape index (κ1) is 20.2. The molecule has 0 bridgehead atoms. The number of carbonyl (C=O) groups is 1. The zero-order valence-electron chi connectivity index (χ0n) is 16.9. The standard InChI is InChI=1S/C23H23N3O3S/c1-15(2)12-13-26-22(28)21-20(17-10-6-7-11-18(17)29-21)25-23(26)30-14-19(27)24-16-8-4-3-5-9-16/h3-11,15H,12-14H2,1-2H3,(H,24,27). The molecule has 0 saturated heterocycles. The van der Waals surface area contributed by atoms with E-state index in [9.17, 15) is 9.59 Å². The van der Waals surface area contributed by atoms with Gasteiger partial charge in [0.15, 0.2) is 5.16 Å². The summed E-state index contributed by atoms with van der Waals surface area (Å²) in [6.07, 6.45) is 0.830. The number of hydrogen-bond donors (Lipinski definition) is 1. The topological polar surface area (TPSA) is 77.1 Å². The number of nitrogens with one attached hydrogen (secondary N) is 1. The Morgan fingerprint density at radius 1 is 1.13 bits per heavy atom. The maximum atomic E-state index is 13.2. The van der Waals surface area contributed by atoms with Crippen molar-refractivity contribution in [3.8, 4) is 0 Å². The molecule has 0 saturated carbocycles. The van der Waals surface area contributed by atoms with E-state index in [0.29, 0.717) is 28.7 Å². The SMILES string of the molecule is CC(C)CCn1c(SCC(=O)Nc2ccccc2)nc2c(oc3ccccc32)c1=O. The van der Waals surface area contributed by atoms with Crippen LogP contribution in [-0.2, 0) is 11.3 Å². The summed E-state index contributed by atoms with van der Waals surface area (Å²) in [5.74, 6) is 0.445. The molecule has 0 atom stereocenters. The summed E-state index contributed by atoms with van der Waals surface area (Å²) in [6.45, 7) is 4.75. The Bertz CT molecular complexity index is 1250. The van der Waals surface area contributed by atoms with Crippen molar-refractivity contribution in [1.29, 1.82) is 0 Å². The van der Waals surface area contributed by atoms with Gasteiger partial charge in [0.25, 0.3) is 5.56 Å². The first-order chi connectivity index (χ1) is 14.5. The van der Waals surface area contributed by atoms with Gasteiger partial charge in [-0.3, -0.25) is 14.2 Å². The molecule has 1 amide bonds. The molecular formula is C23H23N3O3S. The number of amides is 1. The number of nitrogens with zero attached hydrogens (tertiary/aromatic N) is 2. The van der Waals surface area contributed by atoms with E-state index < -0.39 is 0 Å². The second-order valence-corrected chi connectivity index (χ2v) is 8.46. The normalized spacial score (nSPS) is 11.4. The summed E-state index contributed by atoms with van der Waals surface area (Å²) in [6, 6.07) is 16.8. The molecule has 2 aromatic heterocycles. The van der Waals surface area contributed by atoms with Crippen molar-refractivity contribution < 1.29 is 9.21 Å². The van der Waals surface area contributed by atoms with Crippen molar-refractivity contribution in [2.75, 3.05) is 11.1 Å². The third-order valence-corrected chi connectivity index (χ3v) is 5.74. The minimum atomic E-state index is -0.206. The number of hydrogen-bond acceptors (Lipinski definition) is 5. The van der Waals surface area contributed by atoms with Crippen LogP contribution in [0.3, 0.4) is 0 Å². The number of thioether (sulfide) groups is 1. The fraction of sp³-hybridized carbons (Fsp3) is 0.261. The van der Waals surface area contributed by atoms with Crippen molar-refractivity contribution in [3.63, 3.8) is 0 Å². The highest BCUT2D eigenvalue weighted by Crippen LogP contribution is 2.27. The van der Waals surface area contributed by atoms with Crippen molar-refractivity contribution in [3.05, 3.63) is 65.0 Å². The molecule has 2 aromatic carbocycles. The molecule has 0 aliphatic heterocycles. The minimum Gasteiger partial charge on any atom is -0.448 e. The number of aromatic nitrogens is 2. The lowest BCUT2D eigenvalue weighted by molar-refractivity contribution is -0.113. The Kier molecular flexibility index (Phi) is 5.90. The second kappa shape index (κ2) is 8.75. The van der Waals surface area contributed by atoms with Crippen LogP contribution in [0, 0.1) is 5.92 Å². The van der Waals surface area contributed by atoms with Crippen LogP contribution < -0.4 is 10.9 Å². The third kappa shape index (κ3) is 4.26. The van der Waals surface area contributed by atoms with E-state index in [-0.39, 0.29) is 22.8 Å². The van der Waals surface area contributed by atoms with Gasteiger partial charge in [0, 0.05) is 17.6 Å². The first-order valence-electron chi connectivity index (χ1n) is 9.92. The molecule has 0 aliphatic carbocycles. The fourth-order valence-electron chi connectivity index (χ4n) is 3.20. The number of anilines is 1. The first-order valence-corrected chi connectivity index (χ1v) is 10.9. The summed E-state index contributed by atoms with van der Waals surface area (Å²) in [7, 11) is 0. The summed E-state index contributed by atoms with van der Waals surface area (Å²) < 4.78 is 7.44. The third-order valence-electron chi connectivity index (χ3n) is 4.77. The molecule has 30 heavy (non-hydrogen) atoms. The van der Waals surface area contributed by atoms with E-state index in [1.165, 1.54) is 11.8 Å². The lowest BCUT2D eigenvalue weighted by atomic mass is 10.1. The van der Waals surface area contributed by atoms with Crippen molar-refractivity contribution in [1.82, 2.24) is 9.55 Å². The van der Waals surface area contributed by atoms with Gasteiger partial charge in [0.05, 0.1) is 5.75 Å². The van der Waals surface area contributed by atoms with Gasteiger partial charge in [0.2, 0.25) is 11.5 Å². The molecule has 0 spiro atoms. The van der Waals surface area contributed by atoms with E-state index in [1.54, 1.807) is 4.57 Å². The zero-order valence-corrected chi connectivity index (χ0v) is 17.7. The summed E-state index contributed by atoms with van der Waals surface area (Å²) >= 11 is 1.27. The van der Waals surface area contributed by atoms with Crippen LogP contribution in [0.4, 0.5) is 5.69 Å². The smallest absolute Gasteiger partial charge is 0.297 e. The Morgan fingerprint density at radius 2 is 1.87 bits per heavy atom. The molecule has 0 fully saturated rings. The Balaban J connectivity index is 1.67. The second-order valence-electron chi connectivity index (χ2n) is 7.51. The number of furan rings is 1. The van der Waals surface area contributed by atoms with Crippen LogP contribution in [0.5, 0.6) is 0 Å². The van der Waals surface area contributed by atoms with E-state index in [2.05, 4.69) is 19.2 Å². The van der Waals surface area contributed by atoms with Gasteiger partial charge < -0.3 is 9.73 Å². The van der Waals surface area contributed by atoms with Crippen molar-refractivity contribution >= 4 is 45.4 Å². The molecule has 2 heterocycles. The number of rotatable bonds is 7. The van der Waals surface area contributed by atoms with Gasteiger partial charge in [0.1, 0.15) is 11.1 Å². The molecule has 0 unspecified atom stereocenters. The quantitative estimate of drug-likeness (QED) is 0.339. The average Bonchev–Trinajstić information content (AvgIpc) is 3.11. The van der Waals surface area contributed by atoms with Gasteiger partial charge in [-0.2, -0.15) is 0 Å². The lowest BCUT2D eigenvalue weighted by Gasteiger charge is -2.13. The van der Waals surface area contributed by atoms with Gasteiger partial charge in [-0.15, -0.1) is 0 Å². The maximum Gasteiger partial charge on any atom is 0.297 e. The van der Waals surface area contributed by atoms with Crippen LogP contribution in [0.1, 0.15) is 20.3 Å². The van der Waals surface area contributed by atoms with Crippen LogP contribution in [0.25, 0.3) is 22.1 Å². The molecule has 6 nitrogen and oxygen atoms in total. The minimum absolute atomic E-state index is 0.145. The van der Waals surface area contributed by atoms with Crippen molar-refractivity contribution in [2.24, 2.45) is 5.92 Å². The maximum absolute atomic E-state index is 13.2.